The first-order valence-corrected chi connectivity index (χ1v) is 0. The van der Waals surface area contributed by atoms with Crippen LogP contribution in [0.15, 0.2) is 0 Å². The topological polar surface area (TPSA) is 0 Å². The third kappa shape index (κ3) is 26.8. The molecule has 0 fully saturated rings. The Morgan fingerprint density at radius 2 is 1.00 bits per heavy atom. The molecule has 0 bridgehead atoms. The van der Waals surface area contributed by atoms with Crippen molar-refractivity contribution in [3.8, 4) is 0 Å². The van der Waals surface area contributed by atoms with Crippen molar-refractivity contribution in [2.75, 3.05) is 0 Å². The molecule has 6 heteroatoms. The van der Waals surface area contributed by atoms with Crippen LogP contribution >= 0.6 is 0 Å². The van der Waals surface area contributed by atoms with Crippen LogP contribution in [0.5, 0.6) is 0 Å². The van der Waals surface area contributed by atoms with Crippen LogP contribution in [0.2, 0.25) is 0 Å². The van der Waals surface area contributed by atoms with Gasteiger partial charge >= 0.3 is 0 Å². The van der Waals surface area contributed by atoms with Gasteiger partial charge in [-0.2, -0.15) is 0 Å². The fourth-order valence-electron chi connectivity index (χ4n) is 0. The Kier molecular flexibility index (Phi) is 408. The van der Waals surface area contributed by atoms with E-state index in [9.17, 15) is 0 Å². The van der Waals surface area contributed by atoms with Gasteiger partial charge in [0.1, 0.15) is 0 Å². The normalized spacial score (nSPS) is 0. The minimum Gasteiger partial charge on any atom is 0 e. The number of hydrogen-bond donors (Lipinski definition) is 0. The fourth-order valence-corrected chi connectivity index (χ4v) is 0. The molecule has 0 rings (SSSR count). The van der Waals surface area contributed by atoms with Crippen molar-refractivity contribution in [2.45, 2.75) is 0 Å². The van der Waals surface area contributed by atoms with E-state index in [0.29, 0.717) is 0 Å². The van der Waals surface area contributed by atoms with Crippen molar-refractivity contribution in [3.63, 3.8) is 0 Å². The molecule has 0 aromatic carbocycles. The summed E-state index contributed by atoms with van der Waals surface area (Å²) in [6, 6.07) is 0. The summed E-state index contributed by atoms with van der Waals surface area (Å²) < 4.78 is 0. The summed E-state index contributed by atoms with van der Waals surface area (Å²) in [7, 11) is 0. The molecule has 0 atom stereocenters. The molecule has 51 valence electrons. The molecule has 0 aliphatic rings. The van der Waals surface area contributed by atoms with E-state index in [1.807, 2.05) is 0 Å². The average Bonchev–Trinajstić information content (AvgIpc) is 0. The molecular formula is CoCuFeMnMoNi. The molecular weight excluding hydrogens is 388 g/mol. The number of hydrogen-bond acceptors (Lipinski definition) is 0. The predicted octanol–water partition coefficient (Wildman–Crippen LogP) is -0.0150. The van der Waals surface area contributed by atoms with Gasteiger partial charge in [-0.25, -0.2) is 0 Å². The van der Waals surface area contributed by atoms with Gasteiger partial charge in [-0.3, -0.25) is 0 Å². The van der Waals surface area contributed by atoms with E-state index in [4.69, 9.17) is 0 Å². The molecule has 0 saturated carbocycles. The Balaban J connectivity index is 0. The van der Waals surface area contributed by atoms with Crippen molar-refractivity contribution in [1.82, 2.24) is 0 Å². The molecule has 0 saturated heterocycles. The molecule has 0 amide bonds. The smallest absolute Gasteiger partial charge is 0 e. The van der Waals surface area contributed by atoms with Crippen molar-refractivity contribution in [2.24, 2.45) is 0 Å². The molecule has 0 aromatic rings. The molecule has 0 heterocycles. The Morgan fingerprint density at radius 3 is 1.00 bits per heavy atom. The second kappa shape index (κ2) is 41.1. The molecule has 0 nitrogen and oxygen atoms in total. The van der Waals surface area contributed by atoms with Crippen LogP contribution in [-0.2, 0) is 106 Å². The second-order valence-corrected chi connectivity index (χ2v) is 0. The van der Waals surface area contributed by atoms with Gasteiger partial charge in [-0.1, -0.05) is 0 Å². The van der Waals surface area contributed by atoms with Gasteiger partial charge in [0.05, 0.1) is 0 Å². The van der Waals surface area contributed by atoms with Gasteiger partial charge in [0, 0.05) is 106 Å². The summed E-state index contributed by atoms with van der Waals surface area (Å²) in [4.78, 5) is 0. The molecule has 0 unspecified atom stereocenters. The first kappa shape index (κ1) is 59.7. The van der Waals surface area contributed by atoms with E-state index >= 15 is 0 Å². The molecule has 0 N–H and O–H groups in total. The van der Waals surface area contributed by atoms with Crippen molar-refractivity contribution < 1.29 is 106 Å². The van der Waals surface area contributed by atoms with E-state index in [1.54, 1.807) is 0 Å². The van der Waals surface area contributed by atoms with Gasteiger partial charge in [0.25, 0.3) is 0 Å². The SMILES string of the molecule is [Co].[Cu].[Fe].[Mn].[Mo].[Ni]. The quantitative estimate of drug-likeness (QED) is 0.513. The van der Waals surface area contributed by atoms with Crippen LogP contribution in [0.3, 0.4) is 0 Å². The summed E-state index contributed by atoms with van der Waals surface area (Å²) >= 11 is 0. The van der Waals surface area contributed by atoms with Gasteiger partial charge in [-0.05, 0) is 0 Å². The van der Waals surface area contributed by atoms with Gasteiger partial charge < -0.3 is 0 Å². The Morgan fingerprint density at radius 1 is 1.00 bits per heavy atom. The van der Waals surface area contributed by atoms with E-state index in [1.165, 1.54) is 0 Å². The largest absolute Gasteiger partial charge is 0 e. The molecule has 0 aliphatic carbocycles. The summed E-state index contributed by atoms with van der Waals surface area (Å²) in [5, 5.41) is 0. The standard InChI is InChI=1S/Co.Cu.Fe.Mn.Mo.Ni. The summed E-state index contributed by atoms with van der Waals surface area (Å²) in [5.41, 5.74) is 0. The van der Waals surface area contributed by atoms with Crippen LogP contribution in [0.1, 0.15) is 0 Å². The molecule has 6 heavy (non-hydrogen) atoms. The molecule has 0 spiro atoms. The maximum absolute atomic E-state index is 0. The van der Waals surface area contributed by atoms with Crippen LogP contribution < -0.4 is 0 Å². The summed E-state index contributed by atoms with van der Waals surface area (Å²) in [5.74, 6) is 0. The van der Waals surface area contributed by atoms with Gasteiger partial charge in [-0.15, -0.1) is 0 Å². The average molecular weight is 388 g/mol. The fraction of sp³-hybridized carbons (Fsp3) is 0. The Hall–Kier alpha value is 3.25. The van der Waals surface area contributed by atoms with Gasteiger partial charge in [0.15, 0.2) is 0 Å². The van der Waals surface area contributed by atoms with Crippen molar-refractivity contribution in [3.05, 3.63) is 0 Å². The first-order valence-electron chi connectivity index (χ1n) is 0. The Bertz CT molecular complexity index is 15.5. The van der Waals surface area contributed by atoms with E-state index in [2.05, 4.69) is 0 Å². The third-order valence-electron chi connectivity index (χ3n) is 0. The van der Waals surface area contributed by atoms with Crippen LogP contribution in [0.4, 0.5) is 0 Å². The van der Waals surface area contributed by atoms with E-state index in [0.717, 1.165) is 0 Å². The molecule has 0 aromatic heterocycles. The third-order valence-corrected chi connectivity index (χ3v) is 0. The first-order chi connectivity index (χ1) is 0. The van der Waals surface area contributed by atoms with Crippen LogP contribution in [0.25, 0.3) is 0 Å². The summed E-state index contributed by atoms with van der Waals surface area (Å²) in [6.45, 7) is 0. The van der Waals surface area contributed by atoms with E-state index < -0.39 is 0 Å². The van der Waals surface area contributed by atoms with Gasteiger partial charge in [0.2, 0.25) is 0 Å². The monoisotopic (exact) mass is 389 g/mol. The van der Waals surface area contributed by atoms with E-state index in [-0.39, 0.29) is 106 Å². The minimum atomic E-state index is 0. The number of rotatable bonds is 0. The maximum Gasteiger partial charge on any atom is 0 e. The molecule has 3 radical (unpaired) electrons. The minimum absolute atomic E-state index is 0. The van der Waals surface area contributed by atoms with Crippen molar-refractivity contribution >= 4 is 0 Å². The maximum atomic E-state index is 0. The zero-order valence-corrected chi connectivity index (χ0v) is 9.35. The van der Waals surface area contributed by atoms with Crippen LogP contribution in [0, 0.1) is 0 Å². The summed E-state index contributed by atoms with van der Waals surface area (Å²) in [6.07, 6.45) is 0. The Labute approximate surface area is 104 Å². The zero-order valence-electron chi connectivity index (χ0n) is 2.09. The zero-order chi connectivity index (χ0) is 0. The van der Waals surface area contributed by atoms with Crippen LogP contribution in [-0.4, -0.2) is 0 Å². The van der Waals surface area contributed by atoms with Crippen molar-refractivity contribution in [1.29, 1.82) is 0 Å². The molecule has 0 aliphatic heterocycles. The predicted molar refractivity (Wildman–Crippen MR) is 0 cm³/mol. The second-order valence-electron chi connectivity index (χ2n) is 0.